The predicted molar refractivity (Wildman–Crippen MR) is 59.5 cm³/mol. The Morgan fingerprint density at radius 3 is 2.67 bits per heavy atom. The highest BCUT2D eigenvalue weighted by molar-refractivity contribution is 5.81. The van der Waals surface area contributed by atoms with Gasteiger partial charge in [0.15, 0.2) is 0 Å². The molecule has 1 aliphatic carbocycles. The summed E-state index contributed by atoms with van der Waals surface area (Å²) in [7, 11) is 1.71. The molecule has 0 saturated heterocycles. The molecule has 0 spiro atoms. The van der Waals surface area contributed by atoms with Crippen LogP contribution in [0.5, 0.6) is 0 Å². The van der Waals surface area contributed by atoms with Crippen molar-refractivity contribution in [3.05, 3.63) is 0 Å². The van der Waals surface area contributed by atoms with E-state index < -0.39 is 0 Å². The van der Waals surface area contributed by atoms with Crippen molar-refractivity contribution < 1.29 is 9.53 Å². The lowest BCUT2D eigenvalue weighted by Crippen LogP contribution is -2.52. The van der Waals surface area contributed by atoms with Gasteiger partial charge in [0.2, 0.25) is 5.91 Å². The van der Waals surface area contributed by atoms with Crippen molar-refractivity contribution in [3.8, 4) is 0 Å². The Hall–Kier alpha value is -0.610. The van der Waals surface area contributed by atoms with Crippen molar-refractivity contribution >= 4 is 5.91 Å². The highest BCUT2D eigenvalue weighted by Gasteiger charge is 2.37. The molecule has 4 heteroatoms. The SMILES string of the molecule is CCCC(N)C(=O)NCC1(OC)CCC1. The Labute approximate surface area is 91.5 Å². The average molecular weight is 214 g/mol. The van der Waals surface area contributed by atoms with E-state index in [2.05, 4.69) is 5.32 Å². The highest BCUT2D eigenvalue weighted by Crippen LogP contribution is 2.34. The molecule has 0 aromatic carbocycles. The Morgan fingerprint density at radius 1 is 1.60 bits per heavy atom. The number of hydrogen-bond acceptors (Lipinski definition) is 3. The standard InChI is InChI=1S/C11H22N2O2/c1-3-5-9(12)10(14)13-8-11(15-2)6-4-7-11/h9H,3-8,12H2,1-2H3,(H,13,14). The molecule has 1 saturated carbocycles. The summed E-state index contributed by atoms with van der Waals surface area (Å²) in [5.41, 5.74) is 5.60. The fraction of sp³-hybridized carbons (Fsp3) is 0.909. The zero-order valence-corrected chi connectivity index (χ0v) is 9.71. The molecular formula is C11H22N2O2. The van der Waals surface area contributed by atoms with E-state index >= 15 is 0 Å². The van der Waals surface area contributed by atoms with Gasteiger partial charge in [0.05, 0.1) is 11.6 Å². The van der Waals surface area contributed by atoms with E-state index in [-0.39, 0.29) is 17.6 Å². The zero-order valence-electron chi connectivity index (χ0n) is 9.71. The van der Waals surface area contributed by atoms with Crippen LogP contribution in [0.25, 0.3) is 0 Å². The smallest absolute Gasteiger partial charge is 0.237 e. The summed E-state index contributed by atoms with van der Waals surface area (Å²) in [4.78, 5) is 11.5. The topological polar surface area (TPSA) is 64.4 Å². The number of ether oxygens (including phenoxy) is 1. The number of amides is 1. The normalized spacial score (nSPS) is 20.5. The Morgan fingerprint density at radius 2 is 2.27 bits per heavy atom. The van der Waals surface area contributed by atoms with Gasteiger partial charge < -0.3 is 15.8 Å². The maximum absolute atomic E-state index is 11.5. The number of methoxy groups -OCH3 is 1. The van der Waals surface area contributed by atoms with Gasteiger partial charge in [0.1, 0.15) is 0 Å². The molecule has 1 atom stereocenters. The first kappa shape index (κ1) is 12.5. The minimum atomic E-state index is -0.371. The van der Waals surface area contributed by atoms with Gasteiger partial charge in [-0.1, -0.05) is 13.3 Å². The van der Waals surface area contributed by atoms with Crippen LogP contribution in [0.15, 0.2) is 0 Å². The predicted octanol–water partition coefficient (Wildman–Crippen LogP) is 0.799. The Bertz CT molecular complexity index is 209. The van der Waals surface area contributed by atoms with Crippen molar-refractivity contribution in [2.75, 3.05) is 13.7 Å². The number of carbonyl (C=O) groups excluding carboxylic acids is 1. The van der Waals surface area contributed by atoms with E-state index in [1.54, 1.807) is 7.11 Å². The number of nitrogens with two attached hydrogens (primary N) is 1. The lowest BCUT2D eigenvalue weighted by Gasteiger charge is -2.40. The van der Waals surface area contributed by atoms with Crippen LogP contribution in [0.4, 0.5) is 0 Å². The third-order valence-corrected chi connectivity index (χ3v) is 3.22. The van der Waals surface area contributed by atoms with Crippen LogP contribution in [0.3, 0.4) is 0 Å². The molecule has 0 radical (unpaired) electrons. The Kier molecular flexibility index (Phi) is 4.54. The summed E-state index contributed by atoms with van der Waals surface area (Å²) >= 11 is 0. The summed E-state index contributed by atoms with van der Waals surface area (Å²) in [6.45, 7) is 2.62. The quantitative estimate of drug-likeness (QED) is 0.687. The number of carbonyl (C=O) groups is 1. The van der Waals surface area contributed by atoms with Crippen LogP contribution in [0, 0.1) is 0 Å². The average Bonchev–Trinajstić information content (AvgIpc) is 2.17. The molecule has 1 rings (SSSR count). The fourth-order valence-electron chi connectivity index (χ4n) is 1.85. The monoisotopic (exact) mass is 214 g/mol. The molecule has 3 N–H and O–H groups in total. The molecule has 1 fully saturated rings. The van der Waals surface area contributed by atoms with E-state index in [1.807, 2.05) is 6.92 Å². The zero-order chi connectivity index (χ0) is 11.3. The Balaban J connectivity index is 2.26. The van der Waals surface area contributed by atoms with Gasteiger partial charge in [0, 0.05) is 13.7 Å². The van der Waals surface area contributed by atoms with Crippen molar-refractivity contribution in [2.45, 2.75) is 50.7 Å². The third kappa shape index (κ3) is 3.18. The maximum Gasteiger partial charge on any atom is 0.237 e. The summed E-state index contributed by atoms with van der Waals surface area (Å²) in [5.74, 6) is -0.0554. The van der Waals surface area contributed by atoms with Gasteiger partial charge in [-0.15, -0.1) is 0 Å². The van der Waals surface area contributed by atoms with E-state index in [1.165, 1.54) is 6.42 Å². The molecule has 0 aromatic rings. The second-order valence-electron chi connectivity index (χ2n) is 4.35. The van der Waals surface area contributed by atoms with E-state index in [9.17, 15) is 4.79 Å². The van der Waals surface area contributed by atoms with E-state index in [0.29, 0.717) is 6.54 Å². The van der Waals surface area contributed by atoms with Gasteiger partial charge >= 0.3 is 0 Å². The fourth-order valence-corrected chi connectivity index (χ4v) is 1.85. The molecule has 0 aliphatic heterocycles. The van der Waals surface area contributed by atoms with Crippen LogP contribution >= 0.6 is 0 Å². The molecule has 4 nitrogen and oxygen atoms in total. The molecule has 1 unspecified atom stereocenters. The third-order valence-electron chi connectivity index (χ3n) is 3.22. The van der Waals surface area contributed by atoms with Crippen LogP contribution < -0.4 is 11.1 Å². The molecule has 0 bridgehead atoms. The molecule has 1 amide bonds. The highest BCUT2D eigenvalue weighted by atomic mass is 16.5. The van der Waals surface area contributed by atoms with Crippen LogP contribution in [-0.2, 0) is 9.53 Å². The maximum atomic E-state index is 11.5. The lowest BCUT2D eigenvalue weighted by atomic mass is 9.80. The van der Waals surface area contributed by atoms with Gasteiger partial charge in [-0.05, 0) is 25.7 Å². The van der Waals surface area contributed by atoms with Crippen LogP contribution in [0.2, 0.25) is 0 Å². The number of nitrogens with one attached hydrogen (secondary N) is 1. The minimum absolute atomic E-state index is 0.0554. The van der Waals surface area contributed by atoms with E-state index in [0.717, 1.165) is 25.7 Å². The number of rotatable bonds is 6. The molecule has 1 aliphatic rings. The van der Waals surface area contributed by atoms with Crippen molar-refractivity contribution in [1.29, 1.82) is 0 Å². The van der Waals surface area contributed by atoms with Gasteiger partial charge in [-0.3, -0.25) is 4.79 Å². The van der Waals surface area contributed by atoms with Crippen LogP contribution in [-0.4, -0.2) is 31.2 Å². The number of hydrogen-bond donors (Lipinski definition) is 2. The molecule has 0 aromatic heterocycles. The largest absolute Gasteiger partial charge is 0.376 e. The van der Waals surface area contributed by atoms with Gasteiger partial charge in [-0.2, -0.15) is 0 Å². The molecule has 88 valence electrons. The molecule has 0 heterocycles. The first-order chi connectivity index (χ1) is 7.13. The van der Waals surface area contributed by atoms with Crippen molar-refractivity contribution in [3.63, 3.8) is 0 Å². The van der Waals surface area contributed by atoms with Crippen molar-refractivity contribution in [1.82, 2.24) is 5.32 Å². The summed E-state index contributed by atoms with van der Waals surface area (Å²) in [5, 5.41) is 2.87. The summed E-state index contributed by atoms with van der Waals surface area (Å²) < 4.78 is 5.41. The van der Waals surface area contributed by atoms with Crippen LogP contribution in [0.1, 0.15) is 39.0 Å². The van der Waals surface area contributed by atoms with Gasteiger partial charge in [-0.25, -0.2) is 0 Å². The lowest BCUT2D eigenvalue weighted by molar-refractivity contribution is -0.126. The second-order valence-corrected chi connectivity index (χ2v) is 4.35. The summed E-state index contributed by atoms with van der Waals surface area (Å²) in [6.07, 6.45) is 4.93. The molecular weight excluding hydrogens is 192 g/mol. The first-order valence-corrected chi connectivity index (χ1v) is 5.72. The van der Waals surface area contributed by atoms with Gasteiger partial charge in [0.25, 0.3) is 0 Å². The first-order valence-electron chi connectivity index (χ1n) is 5.72. The van der Waals surface area contributed by atoms with Crippen molar-refractivity contribution in [2.24, 2.45) is 5.73 Å². The van der Waals surface area contributed by atoms with E-state index in [4.69, 9.17) is 10.5 Å². The minimum Gasteiger partial charge on any atom is -0.376 e. The molecule has 15 heavy (non-hydrogen) atoms. The second kappa shape index (κ2) is 5.47. The summed E-state index contributed by atoms with van der Waals surface area (Å²) in [6, 6.07) is -0.371.